The van der Waals surface area contributed by atoms with Crippen LogP contribution in [-0.4, -0.2) is 35.1 Å². The highest BCUT2D eigenvalue weighted by Crippen LogP contribution is 2.36. The van der Waals surface area contributed by atoms with Crippen LogP contribution in [-0.2, 0) is 15.6 Å². The average Bonchev–Trinajstić information content (AvgIpc) is 2.84. The van der Waals surface area contributed by atoms with Gasteiger partial charge in [-0.2, -0.15) is 0 Å². The molecule has 0 radical (unpaired) electrons. The summed E-state index contributed by atoms with van der Waals surface area (Å²) in [5.74, 6) is -0.238. The van der Waals surface area contributed by atoms with Gasteiger partial charge in [-0.05, 0) is 31.0 Å². The SMILES string of the molecule is COC(=O)c1c(CCCO[Si](C)(C)C(C)(C)C)coc1OC. The Hall–Kier alpha value is -1.27. The van der Waals surface area contributed by atoms with Crippen molar-refractivity contribution in [2.45, 2.75) is 51.7 Å². The van der Waals surface area contributed by atoms with Crippen LogP contribution >= 0.6 is 0 Å². The molecule has 0 aliphatic heterocycles. The van der Waals surface area contributed by atoms with E-state index in [1.807, 2.05) is 0 Å². The number of carbonyl (C=O) groups is 1. The smallest absolute Gasteiger partial charge is 0.345 e. The molecule has 0 fully saturated rings. The highest BCUT2D eigenvalue weighted by molar-refractivity contribution is 6.74. The van der Waals surface area contributed by atoms with Crippen molar-refractivity contribution < 1.29 is 23.1 Å². The fraction of sp³-hybridized carbons (Fsp3) is 0.688. The number of aryl methyl sites for hydroxylation is 1. The monoisotopic (exact) mass is 328 g/mol. The van der Waals surface area contributed by atoms with E-state index in [0.29, 0.717) is 18.6 Å². The third-order valence-electron chi connectivity index (χ3n) is 4.27. The molecule has 0 spiro atoms. The number of rotatable bonds is 7. The van der Waals surface area contributed by atoms with E-state index in [0.717, 1.165) is 12.0 Å². The zero-order valence-electron chi connectivity index (χ0n) is 14.7. The summed E-state index contributed by atoms with van der Waals surface area (Å²) in [5.41, 5.74) is 1.17. The summed E-state index contributed by atoms with van der Waals surface area (Å²) in [6, 6.07) is 0. The van der Waals surface area contributed by atoms with Crippen molar-refractivity contribution in [2.24, 2.45) is 0 Å². The summed E-state index contributed by atoms with van der Waals surface area (Å²) in [4.78, 5) is 11.8. The van der Waals surface area contributed by atoms with Crippen molar-refractivity contribution in [3.8, 4) is 5.95 Å². The summed E-state index contributed by atoms with van der Waals surface area (Å²) in [7, 11) is 1.09. The maximum absolute atomic E-state index is 11.8. The van der Waals surface area contributed by atoms with Gasteiger partial charge in [0.15, 0.2) is 8.32 Å². The first-order valence-corrected chi connectivity index (χ1v) is 10.4. The molecule has 0 saturated heterocycles. The summed E-state index contributed by atoms with van der Waals surface area (Å²) in [6.45, 7) is 11.8. The standard InChI is InChI=1S/C16H28O5Si/c1-16(2,3)22(6,7)21-10-8-9-12-11-20-15(19-5)13(12)14(17)18-4/h11H,8-10H2,1-7H3. The van der Waals surface area contributed by atoms with Gasteiger partial charge in [0, 0.05) is 12.2 Å². The third kappa shape index (κ3) is 4.36. The minimum atomic E-state index is -1.73. The number of esters is 1. The number of hydrogen-bond donors (Lipinski definition) is 0. The molecule has 0 aromatic carbocycles. The third-order valence-corrected chi connectivity index (χ3v) is 8.81. The molecular formula is C16H28O5Si. The highest BCUT2D eigenvalue weighted by atomic mass is 28.4. The van der Waals surface area contributed by atoms with E-state index >= 15 is 0 Å². The van der Waals surface area contributed by atoms with Gasteiger partial charge in [0.05, 0.1) is 20.5 Å². The number of methoxy groups -OCH3 is 2. The molecule has 0 atom stereocenters. The maximum Gasteiger partial charge on any atom is 0.345 e. The number of ether oxygens (including phenoxy) is 2. The zero-order chi connectivity index (χ0) is 17.0. The first kappa shape index (κ1) is 18.8. The van der Waals surface area contributed by atoms with E-state index in [-0.39, 0.29) is 11.0 Å². The number of furan rings is 1. The fourth-order valence-electron chi connectivity index (χ4n) is 1.83. The molecule has 1 aromatic heterocycles. The van der Waals surface area contributed by atoms with Crippen LogP contribution in [0.15, 0.2) is 10.7 Å². The predicted octanol–water partition coefficient (Wildman–Crippen LogP) is 4.03. The molecule has 0 aliphatic carbocycles. The topological polar surface area (TPSA) is 57.9 Å². The maximum atomic E-state index is 11.8. The molecule has 0 unspecified atom stereocenters. The van der Waals surface area contributed by atoms with Crippen LogP contribution in [0.5, 0.6) is 5.95 Å². The molecule has 5 nitrogen and oxygen atoms in total. The molecule has 126 valence electrons. The van der Waals surface area contributed by atoms with E-state index in [2.05, 4.69) is 33.9 Å². The van der Waals surface area contributed by atoms with Crippen molar-refractivity contribution in [2.75, 3.05) is 20.8 Å². The van der Waals surface area contributed by atoms with Gasteiger partial charge in [0.1, 0.15) is 5.56 Å². The van der Waals surface area contributed by atoms with Crippen molar-refractivity contribution >= 4 is 14.3 Å². The largest absolute Gasteiger partial charge is 0.468 e. The van der Waals surface area contributed by atoms with Gasteiger partial charge in [0.25, 0.3) is 5.95 Å². The van der Waals surface area contributed by atoms with Crippen LogP contribution in [0, 0.1) is 0 Å². The Bertz CT molecular complexity index is 499. The molecule has 0 N–H and O–H groups in total. The highest BCUT2D eigenvalue weighted by Gasteiger charge is 2.36. The summed E-state index contributed by atoms with van der Waals surface area (Å²) < 4.78 is 21.2. The molecule has 1 rings (SSSR count). The lowest BCUT2D eigenvalue weighted by atomic mass is 10.1. The second-order valence-corrected chi connectivity index (χ2v) is 11.6. The van der Waals surface area contributed by atoms with Crippen LogP contribution in [0.1, 0.15) is 43.1 Å². The zero-order valence-corrected chi connectivity index (χ0v) is 15.7. The van der Waals surface area contributed by atoms with E-state index in [1.54, 1.807) is 6.26 Å². The predicted molar refractivity (Wildman–Crippen MR) is 88.1 cm³/mol. The van der Waals surface area contributed by atoms with E-state index in [9.17, 15) is 4.79 Å². The Morgan fingerprint density at radius 2 is 1.91 bits per heavy atom. The molecule has 6 heteroatoms. The fourth-order valence-corrected chi connectivity index (χ4v) is 2.92. The molecule has 1 aromatic rings. The molecule has 1 heterocycles. The van der Waals surface area contributed by atoms with Crippen molar-refractivity contribution in [1.29, 1.82) is 0 Å². The van der Waals surface area contributed by atoms with Gasteiger partial charge in [-0.1, -0.05) is 20.8 Å². The molecule has 0 saturated carbocycles. The van der Waals surface area contributed by atoms with Crippen LogP contribution in [0.25, 0.3) is 0 Å². The molecule has 0 bridgehead atoms. The summed E-state index contributed by atoms with van der Waals surface area (Å²) in [5, 5.41) is 0.197. The Labute approximate surface area is 134 Å². The van der Waals surface area contributed by atoms with E-state index < -0.39 is 14.3 Å². The number of carbonyl (C=O) groups excluding carboxylic acids is 1. The van der Waals surface area contributed by atoms with Crippen molar-refractivity contribution in [3.05, 3.63) is 17.4 Å². The molecular weight excluding hydrogens is 300 g/mol. The van der Waals surface area contributed by atoms with Gasteiger partial charge in [-0.25, -0.2) is 4.79 Å². The second-order valence-electron chi connectivity index (χ2n) is 6.83. The Morgan fingerprint density at radius 3 is 2.41 bits per heavy atom. The van der Waals surface area contributed by atoms with Gasteiger partial charge >= 0.3 is 5.97 Å². The Kier molecular flexibility index (Phi) is 6.25. The lowest BCUT2D eigenvalue weighted by Gasteiger charge is -2.36. The van der Waals surface area contributed by atoms with Gasteiger partial charge < -0.3 is 18.3 Å². The van der Waals surface area contributed by atoms with E-state index in [1.165, 1.54) is 14.2 Å². The van der Waals surface area contributed by atoms with Crippen LogP contribution < -0.4 is 4.74 Å². The van der Waals surface area contributed by atoms with Crippen molar-refractivity contribution in [3.63, 3.8) is 0 Å². The number of hydrogen-bond acceptors (Lipinski definition) is 5. The summed E-state index contributed by atoms with van der Waals surface area (Å²) >= 11 is 0. The lowest BCUT2D eigenvalue weighted by molar-refractivity contribution is 0.0593. The first-order valence-electron chi connectivity index (χ1n) is 7.50. The normalized spacial score (nSPS) is 12.3. The average molecular weight is 328 g/mol. The van der Waals surface area contributed by atoms with Gasteiger partial charge in [0.2, 0.25) is 0 Å². The van der Waals surface area contributed by atoms with Crippen molar-refractivity contribution in [1.82, 2.24) is 0 Å². The van der Waals surface area contributed by atoms with Crippen LogP contribution in [0.3, 0.4) is 0 Å². The van der Waals surface area contributed by atoms with Gasteiger partial charge in [-0.15, -0.1) is 0 Å². The van der Waals surface area contributed by atoms with Crippen LogP contribution in [0.2, 0.25) is 18.1 Å². The summed E-state index contributed by atoms with van der Waals surface area (Å²) in [6.07, 6.45) is 3.06. The Balaban J connectivity index is 2.63. The van der Waals surface area contributed by atoms with Crippen LogP contribution in [0.4, 0.5) is 0 Å². The second kappa shape index (κ2) is 7.33. The molecule has 0 aliphatic rings. The van der Waals surface area contributed by atoms with Gasteiger partial charge in [-0.3, -0.25) is 0 Å². The molecule has 22 heavy (non-hydrogen) atoms. The Morgan fingerprint density at radius 1 is 1.27 bits per heavy atom. The van der Waals surface area contributed by atoms with E-state index in [4.69, 9.17) is 18.3 Å². The molecule has 0 amide bonds. The minimum Gasteiger partial charge on any atom is -0.468 e. The minimum absolute atomic E-state index is 0.197. The lowest BCUT2D eigenvalue weighted by Crippen LogP contribution is -2.41. The quantitative estimate of drug-likeness (QED) is 0.430. The first-order chi connectivity index (χ1) is 10.1.